The van der Waals surface area contributed by atoms with Gasteiger partial charge in [-0.15, -0.1) is 0 Å². The number of amides is 1. The smallest absolute Gasteiger partial charge is 0.407 e. The molecule has 0 aromatic heterocycles. The van der Waals surface area contributed by atoms with Crippen LogP contribution in [0.4, 0.5) is 4.79 Å². The van der Waals surface area contributed by atoms with Crippen LogP contribution in [0.2, 0.25) is 0 Å². The highest BCUT2D eigenvalue weighted by atomic mass is 16.6. The average molecular weight is 232 g/mol. The summed E-state index contributed by atoms with van der Waals surface area (Å²) in [6, 6.07) is 0.908. The standard InChI is InChI=1S/C11H24N2O3/c1-9(2)13(10(3)4)6-5-12-11(15)16-8-7-14/h9-10,14H,5-8H2,1-4H3,(H,12,15). The zero-order chi connectivity index (χ0) is 12.6. The molecule has 0 radical (unpaired) electrons. The molecule has 0 saturated carbocycles. The second-order valence-electron chi connectivity index (χ2n) is 4.21. The van der Waals surface area contributed by atoms with Crippen molar-refractivity contribution in [2.45, 2.75) is 39.8 Å². The first-order valence-corrected chi connectivity index (χ1v) is 5.76. The molecule has 2 N–H and O–H groups in total. The highest BCUT2D eigenvalue weighted by Crippen LogP contribution is 2.03. The van der Waals surface area contributed by atoms with E-state index in [1.54, 1.807) is 0 Å². The number of ether oxygens (including phenoxy) is 1. The molecular weight excluding hydrogens is 208 g/mol. The summed E-state index contributed by atoms with van der Waals surface area (Å²) >= 11 is 0. The first kappa shape index (κ1) is 15.2. The van der Waals surface area contributed by atoms with E-state index in [2.05, 4.69) is 42.6 Å². The highest BCUT2D eigenvalue weighted by molar-refractivity contribution is 5.67. The van der Waals surface area contributed by atoms with Crippen molar-refractivity contribution in [1.82, 2.24) is 10.2 Å². The Hall–Kier alpha value is -0.810. The summed E-state index contributed by atoms with van der Waals surface area (Å²) < 4.78 is 4.68. The normalized spacial score (nSPS) is 11.2. The molecule has 0 bridgehead atoms. The summed E-state index contributed by atoms with van der Waals surface area (Å²) in [5, 5.41) is 11.1. The number of rotatable bonds is 7. The van der Waals surface area contributed by atoms with Crippen LogP contribution in [0.1, 0.15) is 27.7 Å². The Morgan fingerprint density at radius 1 is 1.31 bits per heavy atom. The Labute approximate surface area is 97.8 Å². The maximum atomic E-state index is 11.1. The molecule has 0 heterocycles. The van der Waals surface area contributed by atoms with Crippen LogP contribution in [0.3, 0.4) is 0 Å². The lowest BCUT2D eigenvalue weighted by Crippen LogP contribution is -2.42. The Bertz CT molecular complexity index is 188. The van der Waals surface area contributed by atoms with Gasteiger partial charge in [-0.05, 0) is 27.7 Å². The van der Waals surface area contributed by atoms with Crippen LogP contribution in [0.5, 0.6) is 0 Å². The second kappa shape index (κ2) is 8.35. The molecule has 0 aromatic rings. The number of aliphatic hydroxyl groups excluding tert-OH is 1. The Morgan fingerprint density at radius 2 is 1.88 bits per heavy atom. The van der Waals surface area contributed by atoms with Gasteiger partial charge in [0.2, 0.25) is 0 Å². The van der Waals surface area contributed by atoms with Crippen molar-refractivity contribution in [3.05, 3.63) is 0 Å². The van der Waals surface area contributed by atoms with Crippen LogP contribution in [0.25, 0.3) is 0 Å². The summed E-state index contributed by atoms with van der Waals surface area (Å²) in [5.41, 5.74) is 0. The van der Waals surface area contributed by atoms with Crippen LogP contribution in [-0.4, -0.2) is 54.5 Å². The predicted octanol–water partition coefficient (Wildman–Crippen LogP) is 0.824. The van der Waals surface area contributed by atoms with E-state index >= 15 is 0 Å². The van der Waals surface area contributed by atoms with Crippen molar-refractivity contribution >= 4 is 6.09 Å². The maximum absolute atomic E-state index is 11.1. The number of nitrogens with one attached hydrogen (secondary N) is 1. The molecule has 96 valence electrons. The predicted molar refractivity (Wildman–Crippen MR) is 63.4 cm³/mol. The average Bonchev–Trinajstić information content (AvgIpc) is 2.20. The van der Waals surface area contributed by atoms with Crippen LogP contribution < -0.4 is 5.32 Å². The third-order valence-corrected chi connectivity index (χ3v) is 2.29. The Kier molecular flexibility index (Phi) is 7.93. The molecule has 0 saturated heterocycles. The minimum atomic E-state index is -0.471. The van der Waals surface area contributed by atoms with Gasteiger partial charge in [-0.2, -0.15) is 0 Å². The Balaban J connectivity index is 3.73. The van der Waals surface area contributed by atoms with Crippen LogP contribution in [0, 0.1) is 0 Å². The number of nitrogens with zero attached hydrogens (tertiary/aromatic N) is 1. The van der Waals surface area contributed by atoms with Crippen molar-refractivity contribution in [3.63, 3.8) is 0 Å². The molecule has 1 amide bonds. The molecule has 5 heteroatoms. The molecule has 0 fully saturated rings. The molecule has 5 nitrogen and oxygen atoms in total. The summed E-state index contributed by atoms with van der Waals surface area (Å²) in [7, 11) is 0. The van der Waals surface area contributed by atoms with Crippen molar-refractivity contribution in [2.75, 3.05) is 26.3 Å². The summed E-state index contributed by atoms with van der Waals surface area (Å²) in [6.07, 6.45) is -0.471. The van der Waals surface area contributed by atoms with Crippen molar-refractivity contribution in [2.24, 2.45) is 0 Å². The van der Waals surface area contributed by atoms with Crippen LogP contribution >= 0.6 is 0 Å². The Morgan fingerprint density at radius 3 is 2.31 bits per heavy atom. The van der Waals surface area contributed by atoms with E-state index in [1.807, 2.05) is 0 Å². The molecule has 0 aliphatic carbocycles. The van der Waals surface area contributed by atoms with E-state index in [0.29, 0.717) is 18.6 Å². The zero-order valence-corrected chi connectivity index (χ0v) is 10.7. The molecular formula is C11H24N2O3. The largest absolute Gasteiger partial charge is 0.447 e. The first-order chi connectivity index (χ1) is 7.49. The monoisotopic (exact) mass is 232 g/mol. The number of alkyl carbamates (subject to hydrolysis) is 1. The lowest BCUT2D eigenvalue weighted by molar-refractivity contribution is 0.115. The molecule has 0 spiro atoms. The topological polar surface area (TPSA) is 61.8 Å². The van der Waals surface area contributed by atoms with Gasteiger partial charge < -0.3 is 15.2 Å². The van der Waals surface area contributed by atoms with Gasteiger partial charge in [0.25, 0.3) is 0 Å². The zero-order valence-electron chi connectivity index (χ0n) is 10.7. The van der Waals surface area contributed by atoms with E-state index in [4.69, 9.17) is 5.11 Å². The molecule has 0 atom stereocenters. The minimum absolute atomic E-state index is 0.0455. The van der Waals surface area contributed by atoms with E-state index in [1.165, 1.54) is 0 Å². The van der Waals surface area contributed by atoms with Gasteiger partial charge >= 0.3 is 6.09 Å². The summed E-state index contributed by atoms with van der Waals surface area (Å²) in [4.78, 5) is 13.3. The van der Waals surface area contributed by atoms with Gasteiger partial charge in [0.1, 0.15) is 6.61 Å². The van der Waals surface area contributed by atoms with Gasteiger partial charge in [0.05, 0.1) is 6.61 Å². The fourth-order valence-corrected chi connectivity index (χ4v) is 1.59. The number of hydrogen-bond donors (Lipinski definition) is 2. The second-order valence-corrected chi connectivity index (χ2v) is 4.21. The van der Waals surface area contributed by atoms with E-state index in [9.17, 15) is 4.79 Å². The van der Waals surface area contributed by atoms with Gasteiger partial charge in [-0.3, -0.25) is 4.90 Å². The molecule has 0 aliphatic heterocycles. The first-order valence-electron chi connectivity index (χ1n) is 5.76. The van der Waals surface area contributed by atoms with Gasteiger partial charge in [0.15, 0.2) is 0 Å². The molecule has 0 unspecified atom stereocenters. The van der Waals surface area contributed by atoms with E-state index in [-0.39, 0.29) is 13.2 Å². The highest BCUT2D eigenvalue weighted by Gasteiger charge is 2.12. The third kappa shape index (κ3) is 6.63. The lowest BCUT2D eigenvalue weighted by Gasteiger charge is -2.30. The maximum Gasteiger partial charge on any atom is 0.407 e. The van der Waals surface area contributed by atoms with Crippen LogP contribution in [0.15, 0.2) is 0 Å². The number of carbonyl (C=O) groups excluding carboxylic acids is 1. The fourth-order valence-electron chi connectivity index (χ4n) is 1.59. The van der Waals surface area contributed by atoms with Gasteiger partial charge in [-0.25, -0.2) is 4.79 Å². The lowest BCUT2D eigenvalue weighted by atomic mass is 10.2. The molecule has 0 rings (SSSR count). The van der Waals surface area contributed by atoms with Gasteiger partial charge in [-0.1, -0.05) is 0 Å². The van der Waals surface area contributed by atoms with Crippen molar-refractivity contribution in [1.29, 1.82) is 0 Å². The SMILES string of the molecule is CC(C)N(CCNC(=O)OCCO)C(C)C. The van der Waals surface area contributed by atoms with Gasteiger partial charge in [0, 0.05) is 25.2 Å². The summed E-state index contributed by atoms with van der Waals surface area (Å²) in [6.45, 7) is 9.77. The number of hydrogen-bond acceptors (Lipinski definition) is 4. The fraction of sp³-hybridized carbons (Fsp3) is 0.909. The number of carbonyl (C=O) groups is 1. The van der Waals surface area contributed by atoms with Crippen LogP contribution in [-0.2, 0) is 4.74 Å². The molecule has 0 aromatic carbocycles. The van der Waals surface area contributed by atoms with Crippen molar-refractivity contribution in [3.8, 4) is 0 Å². The molecule has 0 aliphatic rings. The van der Waals surface area contributed by atoms with E-state index < -0.39 is 6.09 Å². The summed E-state index contributed by atoms with van der Waals surface area (Å²) in [5.74, 6) is 0. The molecule has 16 heavy (non-hydrogen) atoms. The van der Waals surface area contributed by atoms with E-state index in [0.717, 1.165) is 6.54 Å². The minimum Gasteiger partial charge on any atom is -0.447 e. The van der Waals surface area contributed by atoms with Crippen molar-refractivity contribution < 1.29 is 14.6 Å². The number of aliphatic hydroxyl groups is 1. The third-order valence-electron chi connectivity index (χ3n) is 2.29. The quantitative estimate of drug-likeness (QED) is 0.682.